The summed E-state index contributed by atoms with van der Waals surface area (Å²) in [4.78, 5) is 4.03. The molecule has 0 unspecified atom stereocenters. The van der Waals surface area contributed by atoms with Crippen molar-refractivity contribution in [3.8, 4) is 5.88 Å². The standard InChI is InChI=1S/C10H15N3O/c1-7(2)6-14-9-4-3-8(5-13-9)10(11)12/h3-5,7H,6H2,1-2H3,(H3,11,12). The molecular weight excluding hydrogens is 178 g/mol. The molecule has 0 aliphatic carbocycles. The predicted octanol–water partition coefficient (Wildman–Crippen LogP) is 1.40. The minimum absolute atomic E-state index is 0.0212. The van der Waals surface area contributed by atoms with Crippen LogP contribution in [0.5, 0.6) is 5.88 Å². The maximum atomic E-state index is 7.17. The van der Waals surface area contributed by atoms with Crippen LogP contribution in [0.15, 0.2) is 18.3 Å². The van der Waals surface area contributed by atoms with Crippen molar-refractivity contribution >= 4 is 5.84 Å². The van der Waals surface area contributed by atoms with Crippen molar-refractivity contribution in [3.63, 3.8) is 0 Å². The first-order valence-corrected chi connectivity index (χ1v) is 4.53. The lowest BCUT2D eigenvalue weighted by atomic mass is 10.2. The Kier molecular flexibility index (Phi) is 3.45. The summed E-state index contributed by atoms with van der Waals surface area (Å²) >= 11 is 0. The number of nitrogens with zero attached hydrogens (tertiary/aromatic N) is 1. The summed E-state index contributed by atoms with van der Waals surface area (Å²) < 4.78 is 5.38. The molecule has 0 aliphatic heterocycles. The van der Waals surface area contributed by atoms with Gasteiger partial charge in [-0.25, -0.2) is 4.98 Å². The molecule has 0 bridgehead atoms. The third kappa shape index (κ3) is 3.05. The molecular formula is C10H15N3O. The van der Waals surface area contributed by atoms with Crippen molar-refractivity contribution in [2.45, 2.75) is 13.8 Å². The zero-order valence-corrected chi connectivity index (χ0v) is 8.45. The fourth-order valence-electron chi connectivity index (χ4n) is 0.877. The number of hydrogen-bond acceptors (Lipinski definition) is 3. The number of ether oxygens (including phenoxy) is 1. The Labute approximate surface area is 83.6 Å². The molecule has 76 valence electrons. The van der Waals surface area contributed by atoms with E-state index in [0.29, 0.717) is 24.0 Å². The molecule has 0 atom stereocenters. The third-order valence-corrected chi connectivity index (χ3v) is 1.61. The summed E-state index contributed by atoms with van der Waals surface area (Å²) in [5.74, 6) is 1.07. The van der Waals surface area contributed by atoms with Crippen LogP contribution in [0.25, 0.3) is 0 Å². The molecule has 1 heterocycles. The van der Waals surface area contributed by atoms with Crippen LogP contribution in [0.3, 0.4) is 0 Å². The van der Waals surface area contributed by atoms with E-state index in [2.05, 4.69) is 18.8 Å². The van der Waals surface area contributed by atoms with Gasteiger partial charge in [-0.15, -0.1) is 0 Å². The van der Waals surface area contributed by atoms with Gasteiger partial charge in [0.15, 0.2) is 0 Å². The van der Waals surface area contributed by atoms with Gasteiger partial charge in [0.05, 0.1) is 6.61 Å². The number of rotatable bonds is 4. The Morgan fingerprint density at radius 2 is 2.29 bits per heavy atom. The summed E-state index contributed by atoms with van der Waals surface area (Å²) in [5.41, 5.74) is 5.90. The number of nitrogen functional groups attached to an aromatic ring is 1. The molecule has 0 saturated carbocycles. The van der Waals surface area contributed by atoms with Crippen LogP contribution in [-0.4, -0.2) is 17.4 Å². The maximum absolute atomic E-state index is 7.17. The van der Waals surface area contributed by atoms with Crippen molar-refractivity contribution < 1.29 is 4.74 Å². The maximum Gasteiger partial charge on any atom is 0.213 e. The summed E-state index contributed by atoms with van der Waals surface area (Å²) in [7, 11) is 0. The Balaban J connectivity index is 2.60. The summed E-state index contributed by atoms with van der Waals surface area (Å²) in [6.07, 6.45) is 1.54. The largest absolute Gasteiger partial charge is 0.477 e. The van der Waals surface area contributed by atoms with E-state index in [-0.39, 0.29) is 5.84 Å². The second-order valence-electron chi connectivity index (χ2n) is 3.50. The number of hydrogen-bond donors (Lipinski definition) is 2. The molecule has 0 spiro atoms. The number of pyridine rings is 1. The Hall–Kier alpha value is -1.58. The molecule has 1 aromatic rings. The average molecular weight is 193 g/mol. The van der Waals surface area contributed by atoms with Gasteiger partial charge in [-0.3, -0.25) is 5.41 Å². The SMILES string of the molecule is CC(C)COc1ccc(C(=N)N)cn1. The Bertz CT molecular complexity index is 306. The molecule has 0 aliphatic rings. The highest BCUT2D eigenvalue weighted by Crippen LogP contribution is 2.08. The van der Waals surface area contributed by atoms with E-state index in [4.69, 9.17) is 15.9 Å². The predicted molar refractivity (Wildman–Crippen MR) is 55.6 cm³/mol. The summed E-state index contributed by atoms with van der Waals surface area (Å²) in [6, 6.07) is 3.45. The highest BCUT2D eigenvalue weighted by atomic mass is 16.5. The molecule has 3 N–H and O–H groups in total. The van der Waals surface area contributed by atoms with Crippen LogP contribution >= 0.6 is 0 Å². The van der Waals surface area contributed by atoms with E-state index >= 15 is 0 Å². The highest BCUT2D eigenvalue weighted by molar-refractivity contribution is 5.94. The Morgan fingerprint density at radius 1 is 1.57 bits per heavy atom. The summed E-state index contributed by atoms with van der Waals surface area (Å²) in [5, 5.41) is 7.17. The first-order valence-electron chi connectivity index (χ1n) is 4.53. The van der Waals surface area contributed by atoms with E-state index in [1.807, 2.05) is 0 Å². The lowest BCUT2D eigenvalue weighted by molar-refractivity contribution is 0.261. The molecule has 0 aromatic carbocycles. The van der Waals surface area contributed by atoms with Gasteiger partial charge in [0, 0.05) is 17.8 Å². The van der Waals surface area contributed by atoms with Gasteiger partial charge in [-0.1, -0.05) is 13.8 Å². The first-order chi connectivity index (χ1) is 6.59. The van der Waals surface area contributed by atoms with Gasteiger partial charge in [0.25, 0.3) is 0 Å². The van der Waals surface area contributed by atoms with Gasteiger partial charge >= 0.3 is 0 Å². The number of amidine groups is 1. The second-order valence-corrected chi connectivity index (χ2v) is 3.50. The number of nitrogens with two attached hydrogens (primary N) is 1. The van der Waals surface area contributed by atoms with E-state index in [9.17, 15) is 0 Å². The minimum Gasteiger partial charge on any atom is -0.477 e. The van der Waals surface area contributed by atoms with Crippen molar-refractivity contribution in [2.75, 3.05) is 6.61 Å². The summed E-state index contributed by atoms with van der Waals surface area (Å²) in [6.45, 7) is 4.79. The Morgan fingerprint density at radius 3 is 2.71 bits per heavy atom. The molecule has 1 aromatic heterocycles. The van der Waals surface area contributed by atoms with Gasteiger partial charge < -0.3 is 10.5 Å². The van der Waals surface area contributed by atoms with Crippen molar-refractivity contribution in [3.05, 3.63) is 23.9 Å². The molecule has 4 heteroatoms. The van der Waals surface area contributed by atoms with Crippen molar-refractivity contribution in [1.29, 1.82) is 5.41 Å². The fourth-order valence-corrected chi connectivity index (χ4v) is 0.877. The molecule has 1 rings (SSSR count). The molecule has 0 fully saturated rings. The van der Waals surface area contributed by atoms with Crippen molar-refractivity contribution in [2.24, 2.45) is 11.7 Å². The number of nitrogens with one attached hydrogen (secondary N) is 1. The number of aromatic nitrogens is 1. The van der Waals surface area contributed by atoms with Crippen LogP contribution in [-0.2, 0) is 0 Å². The van der Waals surface area contributed by atoms with Gasteiger partial charge in [0.2, 0.25) is 5.88 Å². The van der Waals surface area contributed by atoms with Crippen LogP contribution < -0.4 is 10.5 Å². The van der Waals surface area contributed by atoms with E-state index < -0.39 is 0 Å². The monoisotopic (exact) mass is 193 g/mol. The first kappa shape index (κ1) is 10.5. The minimum atomic E-state index is 0.0212. The van der Waals surface area contributed by atoms with Gasteiger partial charge in [-0.2, -0.15) is 0 Å². The fraction of sp³-hybridized carbons (Fsp3) is 0.400. The third-order valence-electron chi connectivity index (χ3n) is 1.61. The van der Waals surface area contributed by atoms with Crippen LogP contribution in [0.2, 0.25) is 0 Å². The normalized spacial score (nSPS) is 10.2. The molecule has 0 radical (unpaired) electrons. The molecule has 0 amide bonds. The zero-order chi connectivity index (χ0) is 10.6. The molecule has 14 heavy (non-hydrogen) atoms. The molecule has 0 saturated heterocycles. The quantitative estimate of drug-likeness (QED) is 0.560. The lowest BCUT2D eigenvalue weighted by Crippen LogP contribution is -2.11. The van der Waals surface area contributed by atoms with E-state index in [0.717, 1.165) is 0 Å². The zero-order valence-electron chi connectivity index (χ0n) is 8.45. The van der Waals surface area contributed by atoms with Crippen LogP contribution in [0.4, 0.5) is 0 Å². The van der Waals surface area contributed by atoms with E-state index in [1.54, 1.807) is 12.1 Å². The highest BCUT2D eigenvalue weighted by Gasteiger charge is 2.00. The topological polar surface area (TPSA) is 72.0 Å². The smallest absolute Gasteiger partial charge is 0.213 e. The van der Waals surface area contributed by atoms with E-state index in [1.165, 1.54) is 6.20 Å². The van der Waals surface area contributed by atoms with Gasteiger partial charge in [0.1, 0.15) is 5.84 Å². The molecule has 4 nitrogen and oxygen atoms in total. The van der Waals surface area contributed by atoms with Gasteiger partial charge in [-0.05, 0) is 12.0 Å². The van der Waals surface area contributed by atoms with Crippen molar-refractivity contribution in [1.82, 2.24) is 4.98 Å². The van der Waals surface area contributed by atoms with Crippen LogP contribution in [0, 0.1) is 11.3 Å². The van der Waals surface area contributed by atoms with Crippen LogP contribution in [0.1, 0.15) is 19.4 Å². The second kappa shape index (κ2) is 4.60. The average Bonchev–Trinajstić information content (AvgIpc) is 2.15. The lowest BCUT2D eigenvalue weighted by Gasteiger charge is -2.07.